The molecule has 0 saturated heterocycles. The normalized spacial score (nSPS) is 10.7. The summed E-state index contributed by atoms with van der Waals surface area (Å²) in [5, 5.41) is 32.1. The maximum absolute atomic E-state index is 12.2. The van der Waals surface area contributed by atoms with Gasteiger partial charge in [0, 0.05) is 11.8 Å². The van der Waals surface area contributed by atoms with Gasteiger partial charge in [0.05, 0.1) is 11.5 Å². The maximum Gasteiger partial charge on any atom is 0.311 e. The number of benzene rings is 2. The first-order valence-electron chi connectivity index (χ1n) is 7.58. The third-order valence-electron chi connectivity index (χ3n) is 3.30. The van der Waals surface area contributed by atoms with Gasteiger partial charge in [-0.2, -0.15) is 5.26 Å². The van der Waals surface area contributed by atoms with Crippen LogP contribution in [-0.4, -0.2) is 22.5 Å². The molecule has 8 heteroatoms. The lowest BCUT2D eigenvalue weighted by molar-refractivity contribution is -0.385. The summed E-state index contributed by atoms with van der Waals surface area (Å²) in [5.41, 5.74) is -0.0361. The average molecular weight is 353 g/mol. The van der Waals surface area contributed by atoms with E-state index in [0.717, 1.165) is 12.1 Å². The highest BCUT2D eigenvalue weighted by molar-refractivity contribution is 6.09. The highest BCUT2D eigenvalue weighted by Crippen LogP contribution is 2.27. The van der Waals surface area contributed by atoms with Gasteiger partial charge in [0.2, 0.25) is 0 Å². The number of nitrogens with one attached hydrogen (secondary N) is 1. The molecule has 0 unspecified atom stereocenters. The van der Waals surface area contributed by atoms with Crippen LogP contribution in [0.2, 0.25) is 0 Å². The fraction of sp³-hybridized carbons (Fsp3) is 0.111. The lowest BCUT2D eigenvalue weighted by atomic mass is 10.1. The number of anilines is 1. The van der Waals surface area contributed by atoms with Gasteiger partial charge in [-0.15, -0.1) is 0 Å². The molecule has 0 heterocycles. The summed E-state index contributed by atoms with van der Waals surface area (Å²) in [6.45, 7) is 2.37. The standard InChI is InChI=1S/C18H15N3O5/c1-2-26-15-6-4-14(5-7-15)20-18(23)13(11-19)9-12-3-8-17(22)16(10-12)21(24)25/h3-10,22H,2H2,1H3,(H,20,23). The molecular weight excluding hydrogens is 338 g/mol. The van der Waals surface area contributed by atoms with Gasteiger partial charge >= 0.3 is 5.69 Å². The number of aromatic hydroxyl groups is 1. The molecule has 0 aliphatic carbocycles. The number of ether oxygens (including phenoxy) is 1. The maximum atomic E-state index is 12.2. The molecule has 8 nitrogen and oxygen atoms in total. The first-order valence-corrected chi connectivity index (χ1v) is 7.58. The number of nitriles is 1. The fourth-order valence-electron chi connectivity index (χ4n) is 2.09. The molecule has 0 saturated carbocycles. The summed E-state index contributed by atoms with van der Waals surface area (Å²) >= 11 is 0. The molecule has 0 atom stereocenters. The quantitative estimate of drug-likeness (QED) is 0.355. The van der Waals surface area contributed by atoms with Crippen molar-refractivity contribution in [2.45, 2.75) is 6.92 Å². The summed E-state index contributed by atoms with van der Waals surface area (Å²) in [4.78, 5) is 22.3. The van der Waals surface area contributed by atoms with Gasteiger partial charge in [0.25, 0.3) is 5.91 Å². The Balaban J connectivity index is 2.20. The zero-order valence-electron chi connectivity index (χ0n) is 13.8. The Bertz CT molecular complexity index is 898. The third-order valence-corrected chi connectivity index (χ3v) is 3.30. The smallest absolute Gasteiger partial charge is 0.311 e. The number of rotatable bonds is 6. The Morgan fingerprint density at radius 2 is 2.04 bits per heavy atom. The van der Waals surface area contributed by atoms with Gasteiger partial charge in [-0.1, -0.05) is 6.07 Å². The molecule has 2 aromatic rings. The van der Waals surface area contributed by atoms with Crippen molar-refractivity contribution in [3.05, 3.63) is 63.7 Å². The molecule has 0 bridgehead atoms. The van der Waals surface area contributed by atoms with Crippen molar-refractivity contribution in [1.29, 1.82) is 5.26 Å². The molecule has 2 aromatic carbocycles. The van der Waals surface area contributed by atoms with Gasteiger partial charge in [-0.25, -0.2) is 0 Å². The first kappa shape index (κ1) is 18.5. The van der Waals surface area contributed by atoms with Crippen LogP contribution in [0.25, 0.3) is 6.08 Å². The van der Waals surface area contributed by atoms with Crippen molar-refractivity contribution in [2.75, 3.05) is 11.9 Å². The van der Waals surface area contributed by atoms with Gasteiger partial charge in [-0.05, 0) is 48.9 Å². The van der Waals surface area contributed by atoms with E-state index in [-0.39, 0.29) is 11.1 Å². The van der Waals surface area contributed by atoms with E-state index in [2.05, 4.69) is 5.32 Å². The van der Waals surface area contributed by atoms with Crippen molar-refractivity contribution in [3.8, 4) is 17.6 Å². The Morgan fingerprint density at radius 1 is 1.35 bits per heavy atom. The molecule has 0 radical (unpaired) electrons. The molecule has 2 rings (SSSR count). The Kier molecular flexibility index (Phi) is 5.90. The third kappa shape index (κ3) is 4.58. The number of amides is 1. The van der Waals surface area contributed by atoms with Crippen molar-refractivity contribution in [1.82, 2.24) is 0 Å². The molecular formula is C18H15N3O5. The van der Waals surface area contributed by atoms with E-state index < -0.39 is 22.3 Å². The SMILES string of the molecule is CCOc1ccc(NC(=O)C(C#N)=Cc2ccc(O)c([N+](=O)[O-])c2)cc1. The van der Waals surface area contributed by atoms with E-state index in [1.165, 1.54) is 12.1 Å². The van der Waals surface area contributed by atoms with Gasteiger partial charge in [-0.3, -0.25) is 14.9 Å². The monoisotopic (exact) mass is 353 g/mol. The van der Waals surface area contributed by atoms with E-state index in [1.807, 2.05) is 6.92 Å². The van der Waals surface area contributed by atoms with Gasteiger partial charge < -0.3 is 15.2 Å². The molecule has 0 spiro atoms. The second-order valence-corrected chi connectivity index (χ2v) is 5.09. The number of carbonyl (C=O) groups is 1. The van der Waals surface area contributed by atoms with Crippen LogP contribution in [-0.2, 0) is 4.79 Å². The summed E-state index contributed by atoms with van der Waals surface area (Å²) in [5.74, 6) is -0.505. The Morgan fingerprint density at radius 3 is 2.62 bits per heavy atom. The van der Waals surface area contributed by atoms with E-state index in [0.29, 0.717) is 18.0 Å². The molecule has 0 aromatic heterocycles. The van der Waals surface area contributed by atoms with Crippen molar-refractivity contribution < 1.29 is 19.6 Å². The van der Waals surface area contributed by atoms with E-state index in [1.54, 1.807) is 30.3 Å². The minimum atomic E-state index is -0.751. The highest BCUT2D eigenvalue weighted by Gasteiger charge is 2.15. The molecule has 0 fully saturated rings. The van der Waals surface area contributed by atoms with Gasteiger partial charge in [0.15, 0.2) is 5.75 Å². The molecule has 132 valence electrons. The largest absolute Gasteiger partial charge is 0.502 e. The van der Waals surface area contributed by atoms with Gasteiger partial charge in [0.1, 0.15) is 17.4 Å². The topological polar surface area (TPSA) is 125 Å². The van der Waals surface area contributed by atoms with Crippen molar-refractivity contribution in [3.63, 3.8) is 0 Å². The predicted molar refractivity (Wildman–Crippen MR) is 94.6 cm³/mol. The van der Waals surface area contributed by atoms with Crippen LogP contribution in [0, 0.1) is 21.4 Å². The molecule has 1 amide bonds. The van der Waals surface area contributed by atoms with E-state index >= 15 is 0 Å². The molecule has 0 aliphatic heterocycles. The average Bonchev–Trinajstić information content (AvgIpc) is 2.62. The van der Waals surface area contributed by atoms with Crippen LogP contribution in [0.4, 0.5) is 11.4 Å². The van der Waals surface area contributed by atoms with Crippen LogP contribution in [0.1, 0.15) is 12.5 Å². The second kappa shape index (κ2) is 8.30. The number of hydrogen-bond acceptors (Lipinski definition) is 6. The van der Waals surface area contributed by atoms with Crippen molar-refractivity contribution in [2.24, 2.45) is 0 Å². The minimum absolute atomic E-state index is 0.237. The van der Waals surface area contributed by atoms with E-state index in [9.17, 15) is 25.3 Å². The summed E-state index contributed by atoms with van der Waals surface area (Å²) in [6, 6.07) is 11.9. The zero-order valence-corrected chi connectivity index (χ0v) is 13.8. The number of phenolic OH excluding ortho intramolecular Hbond substituents is 1. The Labute approximate surface area is 149 Å². The molecule has 2 N–H and O–H groups in total. The molecule has 0 aliphatic rings. The number of phenols is 1. The summed E-state index contributed by atoms with van der Waals surface area (Å²) in [7, 11) is 0. The Hall–Kier alpha value is -3.86. The second-order valence-electron chi connectivity index (χ2n) is 5.09. The predicted octanol–water partition coefficient (Wildman–Crippen LogP) is 3.24. The number of nitrogens with zero attached hydrogens (tertiary/aromatic N) is 2. The number of carbonyl (C=O) groups excluding carboxylic acids is 1. The lowest BCUT2D eigenvalue weighted by Crippen LogP contribution is -2.13. The highest BCUT2D eigenvalue weighted by atomic mass is 16.6. The van der Waals surface area contributed by atoms with Crippen LogP contribution >= 0.6 is 0 Å². The minimum Gasteiger partial charge on any atom is -0.502 e. The number of nitro benzene ring substituents is 1. The van der Waals surface area contributed by atoms with Crippen LogP contribution < -0.4 is 10.1 Å². The fourth-order valence-corrected chi connectivity index (χ4v) is 2.09. The van der Waals surface area contributed by atoms with Crippen molar-refractivity contribution >= 4 is 23.4 Å². The first-order chi connectivity index (χ1) is 12.4. The lowest BCUT2D eigenvalue weighted by Gasteiger charge is -2.06. The van der Waals surface area contributed by atoms with Crippen LogP contribution in [0.15, 0.2) is 48.0 Å². The van der Waals surface area contributed by atoms with Crippen LogP contribution in [0.5, 0.6) is 11.5 Å². The van der Waals surface area contributed by atoms with Crippen LogP contribution in [0.3, 0.4) is 0 Å². The summed E-state index contributed by atoms with van der Waals surface area (Å²) < 4.78 is 5.30. The van der Waals surface area contributed by atoms with E-state index in [4.69, 9.17) is 4.74 Å². The number of hydrogen-bond donors (Lipinski definition) is 2. The molecule has 26 heavy (non-hydrogen) atoms. The summed E-state index contributed by atoms with van der Waals surface area (Å²) in [6.07, 6.45) is 1.20. The zero-order chi connectivity index (χ0) is 19.1. The number of nitro groups is 1.